The molecule has 2 aromatic carbocycles. The van der Waals surface area contributed by atoms with Crippen molar-refractivity contribution in [2.45, 2.75) is 12.5 Å². The minimum atomic E-state index is -0.538. The average molecular weight is 526 g/mol. The van der Waals surface area contributed by atoms with Gasteiger partial charge in [-0.05, 0) is 65.9 Å². The largest absolute Gasteiger partial charge is 0.390 e. The van der Waals surface area contributed by atoms with Crippen LogP contribution in [0, 0.1) is 28.9 Å². The summed E-state index contributed by atoms with van der Waals surface area (Å²) >= 11 is 1.56. The molecule has 1 saturated heterocycles. The predicted octanol–water partition coefficient (Wildman–Crippen LogP) is 4.19. The zero-order chi connectivity index (χ0) is 27.6. The number of carbonyl (C=O) groups excluding carboxylic acids is 2. The Bertz CT molecular complexity index is 1290. The van der Waals surface area contributed by atoms with E-state index < -0.39 is 17.2 Å². The number of nitrogens with zero attached hydrogens (tertiary/aromatic N) is 3. The summed E-state index contributed by atoms with van der Waals surface area (Å²) in [7, 11) is 3.50. The van der Waals surface area contributed by atoms with Gasteiger partial charge < -0.3 is 20.7 Å². The van der Waals surface area contributed by atoms with E-state index in [-0.39, 0.29) is 17.4 Å². The zero-order valence-electron chi connectivity index (χ0n) is 20.9. The number of nitrogens with one attached hydrogen (secondary N) is 1. The van der Waals surface area contributed by atoms with Crippen molar-refractivity contribution in [3.05, 3.63) is 81.5 Å². The maximum absolute atomic E-state index is 13.7. The number of aliphatic imine (C=N–C) groups is 1. The lowest BCUT2D eigenvalue weighted by Crippen LogP contribution is -2.46. The molecule has 7 nitrogen and oxygen atoms in total. The highest BCUT2D eigenvalue weighted by molar-refractivity contribution is 7.10. The van der Waals surface area contributed by atoms with Crippen LogP contribution in [-0.4, -0.2) is 51.1 Å². The fraction of sp³-hybridized carbons (Fsp3) is 0.259. The van der Waals surface area contributed by atoms with E-state index in [0.717, 1.165) is 16.0 Å². The number of hydrogen-bond donors (Lipinski definition) is 2. The molecule has 0 saturated carbocycles. The third-order valence-electron chi connectivity index (χ3n) is 6.19. The Kier molecular flexibility index (Phi) is 10.6. The van der Waals surface area contributed by atoms with E-state index in [4.69, 9.17) is 15.8 Å². The minimum absolute atomic E-state index is 0.00896. The smallest absolute Gasteiger partial charge is 0.254 e. The number of nitrogens with two attached hydrogens (primary N) is 1. The minimum Gasteiger partial charge on any atom is -0.390 e. The van der Waals surface area contributed by atoms with Crippen LogP contribution in [0.15, 0.2) is 58.9 Å². The summed E-state index contributed by atoms with van der Waals surface area (Å²) in [5.74, 6) is -1.05. The van der Waals surface area contributed by atoms with E-state index >= 15 is 0 Å². The van der Waals surface area contributed by atoms with Gasteiger partial charge in [0.2, 0.25) is 0 Å². The zero-order valence-corrected chi connectivity index (χ0v) is 21.7. The van der Waals surface area contributed by atoms with E-state index in [0.29, 0.717) is 18.7 Å². The maximum Gasteiger partial charge on any atom is 0.254 e. The molecule has 0 aliphatic carbocycles. The Morgan fingerprint density at radius 1 is 1.27 bits per heavy atom. The number of carbonyl (C=O) groups is 2. The summed E-state index contributed by atoms with van der Waals surface area (Å²) in [5.41, 5.74) is 6.29. The summed E-state index contributed by atoms with van der Waals surface area (Å²) in [6.45, 7) is 5.08. The van der Waals surface area contributed by atoms with Crippen molar-refractivity contribution in [1.29, 1.82) is 5.26 Å². The number of likely N-dealkylation sites (tertiary alicyclic amines) is 1. The van der Waals surface area contributed by atoms with Crippen LogP contribution >= 0.6 is 11.3 Å². The van der Waals surface area contributed by atoms with Gasteiger partial charge in [0.25, 0.3) is 5.91 Å². The van der Waals surface area contributed by atoms with Crippen molar-refractivity contribution >= 4 is 30.4 Å². The molecule has 1 aliphatic rings. The van der Waals surface area contributed by atoms with Crippen LogP contribution in [-0.2, 0) is 10.3 Å². The number of rotatable bonds is 4. The normalized spacial score (nSPS) is 18.4. The molecule has 194 valence electrons. The molecule has 0 radical (unpaired) electrons. The molecule has 0 spiro atoms. The van der Waals surface area contributed by atoms with Crippen LogP contribution in [0.5, 0.6) is 0 Å². The van der Waals surface area contributed by atoms with Gasteiger partial charge >= 0.3 is 0 Å². The van der Waals surface area contributed by atoms with Gasteiger partial charge in [0, 0.05) is 30.6 Å². The topological polar surface area (TPSA) is 112 Å². The van der Waals surface area contributed by atoms with Crippen molar-refractivity contribution in [3.63, 3.8) is 0 Å². The van der Waals surface area contributed by atoms with Crippen molar-refractivity contribution in [1.82, 2.24) is 10.2 Å². The maximum atomic E-state index is 13.7. The Morgan fingerprint density at radius 2 is 1.97 bits per heavy atom. The quantitative estimate of drug-likeness (QED) is 0.392. The van der Waals surface area contributed by atoms with E-state index in [2.05, 4.69) is 17.2 Å². The van der Waals surface area contributed by atoms with Gasteiger partial charge in [-0.1, -0.05) is 19.1 Å². The highest BCUT2D eigenvalue weighted by Crippen LogP contribution is 2.42. The molecule has 4 rings (SSSR count). The molecule has 3 N–H and O–H groups in total. The highest BCUT2D eigenvalue weighted by atomic mass is 32.1. The van der Waals surface area contributed by atoms with Crippen LogP contribution in [0.1, 0.15) is 27.7 Å². The second kappa shape index (κ2) is 13.4. The first-order chi connectivity index (χ1) is 17.8. The van der Waals surface area contributed by atoms with Crippen molar-refractivity contribution < 1.29 is 18.4 Å². The van der Waals surface area contributed by atoms with Gasteiger partial charge in [0.15, 0.2) is 0 Å². The SMILES string of the molecule is C=O.CN=CN.CNC1(c2cc(-c3ccc(F)c(C#N)c3)cs2)CN(C(=O)c2cccc(F)c2)CC1C. The average Bonchev–Trinajstić information content (AvgIpc) is 3.55. The number of thiophene rings is 1. The Hall–Kier alpha value is -3.94. The monoisotopic (exact) mass is 525 g/mol. The van der Waals surface area contributed by atoms with Gasteiger partial charge in [-0.3, -0.25) is 9.79 Å². The number of likely N-dealkylation sites (N-methyl/N-ethyl adjacent to an activating group) is 1. The lowest BCUT2D eigenvalue weighted by molar-refractivity contribution is -0.0980. The summed E-state index contributed by atoms with van der Waals surface area (Å²) in [4.78, 5) is 27.2. The van der Waals surface area contributed by atoms with Crippen LogP contribution in [0.4, 0.5) is 8.78 Å². The molecule has 1 fully saturated rings. The molecule has 37 heavy (non-hydrogen) atoms. The highest BCUT2D eigenvalue weighted by Gasteiger charge is 2.47. The molecule has 2 atom stereocenters. The molecule has 10 heteroatoms. The second-order valence-corrected chi connectivity index (χ2v) is 9.14. The second-order valence-electron chi connectivity index (χ2n) is 8.23. The lowest BCUT2D eigenvalue weighted by Gasteiger charge is -2.31. The van der Waals surface area contributed by atoms with Gasteiger partial charge in [0.1, 0.15) is 24.5 Å². The Labute approximate surface area is 219 Å². The van der Waals surface area contributed by atoms with E-state index in [1.54, 1.807) is 41.5 Å². The third kappa shape index (κ3) is 6.44. The van der Waals surface area contributed by atoms with Crippen LogP contribution < -0.4 is 11.1 Å². The summed E-state index contributed by atoms with van der Waals surface area (Å²) in [6.07, 6.45) is 1.25. The van der Waals surface area contributed by atoms with E-state index in [9.17, 15) is 13.6 Å². The number of amides is 1. The first-order valence-corrected chi connectivity index (χ1v) is 12.1. The van der Waals surface area contributed by atoms with Gasteiger partial charge in [-0.25, -0.2) is 8.78 Å². The molecule has 3 aromatic rings. The van der Waals surface area contributed by atoms with Crippen LogP contribution in [0.25, 0.3) is 11.1 Å². The van der Waals surface area contributed by atoms with Gasteiger partial charge in [-0.2, -0.15) is 5.26 Å². The molecule has 1 amide bonds. The van der Waals surface area contributed by atoms with Crippen molar-refractivity contribution in [2.24, 2.45) is 16.6 Å². The summed E-state index contributed by atoms with van der Waals surface area (Å²) in [6, 6.07) is 14.2. The molecular weight excluding hydrogens is 496 g/mol. The first-order valence-electron chi connectivity index (χ1n) is 11.2. The molecule has 1 aromatic heterocycles. The molecule has 0 bridgehead atoms. The standard InChI is InChI=1S/C24H21F2N3OS.C2H6N2.CH2O/c1-15-12-29(23(30)17-4-3-5-20(25)9-17)14-24(15,28-2)22-10-19(13-31-22)16-6-7-21(26)18(8-16)11-27;1-4-2-3;1-2/h3-10,13,15,28H,12,14H2,1-2H3;2H,1H3,(H2,3,4);1H2. The van der Waals surface area contributed by atoms with E-state index in [1.165, 1.54) is 30.6 Å². The number of nitriles is 1. The molecular formula is C27H29F2N5O2S. The first kappa shape index (κ1) is 29.3. The fourth-order valence-corrected chi connectivity index (χ4v) is 5.48. The Morgan fingerprint density at radius 3 is 2.57 bits per heavy atom. The van der Waals surface area contributed by atoms with Crippen molar-refractivity contribution in [2.75, 3.05) is 27.2 Å². The number of benzene rings is 2. The fourth-order valence-electron chi connectivity index (χ4n) is 4.25. The van der Waals surface area contributed by atoms with Crippen LogP contribution in [0.3, 0.4) is 0 Å². The van der Waals surface area contributed by atoms with Gasteiger partial charge in [-0.15, -0.1) is 11.3 Å². The lowest BCUT2D eigenvalue weighted by atomic mass is 9.86. The van der Waals surface area contributed by atoms with Gasteiger partial charge in [0.05, 0.1) is 17.4 Å². The van der Waals surface area contributed by atoms with Crippen molar-refractivity contribution in [3.8, 4) is 17.2 Å². The molecule has 1 aliphatic heterocycles. The number of halogens is 2. The third-order valence-corrected chi connectivity index (χ3v) is 7.30. The summed E-state index contributed by atoms with van der Waals surface area (Å²) < 4.78 is 27.3. The molecule has 2 heterocycles. The van der Waals surface area contributed by atoms with Crippen LogP contribution in [0.2, 0.25) is 0 Å². The number of hydrogen-bond acceptors (Lipinski definition) is 6. The summed E-state index contributed by atoms with van der Waals surface area (Å²) in [5, 5.41) is 14.5. The predicted molar refractivity (Wildman–Crippen MR) is 142 cm³/mol. The Balaban J connectivity index is 0.000000733. The molecule has 2 unspecified atom stereocenters. The van der Waals surface area contributed by atoms with E-state index in [1.807, 2.05) is 31.4 Å².